The van der Waals surface area contributed by atoms with Crippen LogP contribution in [0.5, 0.6) is 11.5 Å². The molecule has 6 nitrogen and oxygen atoms in total. The van der Waals surface area contributed by atoms with E-state index in [0.29, 0.717) is 35.2 Å². The number of benzene rings is 2. The van der Waals surface area contributed by atoms with Crippen LogP contribution in [0.15, 0.2) is 65.8 Å². The number of allylic oxidation sites excluding steroid dienone is 2. The zero-order valence-electron chi connectivity index (χ0n) is 20.9. The molecule has 3 rings (SSSR count). The van der Waals surface area contributed by atoms with Crippen molar-refractivity contribution < 1.29 is 14.3 Å². The molecule has 0 saturated carbocycles. The van der Waals surface area contributed by atoms with Crippen LogP contribution in [0.3, 0.4) is 0 Å². The third kappa shape index (κ3) is 8.35. The molecule has 0 saturated heterocycles. The number of dihydropyridines is 1. The molecule has 0 bridgehead atoms. The first-order valence-electron chi connectivity index (χ1n) is 11.8. The molecule has 2 atom stereocenters. The van der Waals surface area contributed by atoms with Crippen LogP contribution in [0.4, 0.5) is 0 Å². The first kappa shape index (κ1) is 28.3. The molecule has 0 fully saturated rings. The number of halogens is 1. The molecule has 1 aliphatic rings. The summed E-state index contributed by atoms with van der Waals surface area (Å²) < 4.78 is 6.13. The molecule has 0 spiro atoms. The van der Waals surface area contributed by atoms with Crippen LogP contribution in [0.1, 0.15) is 53.6 Å². The Morgan fingerprint density at radius 2 is 1.89 bits per heavy atom. The minimum atomic E-state index is -0.101. The van der Waals surface area contributed by atoms with Gasteiger partial charge in [-0.2, -0.15) is 0 Å². The van der Waals surface area contributed by atoms with Crippen molar-refractivity contribution in [3.8, 4) is 11.5 Å². The van der Waals surface area contributed by atoms with Gasteiger partial charge in [-0.05, 0) is 55.4 Å². The fourth-order valence-electron chi connectivity index (χ4n) is 4.08. The van der Waals surface area contributed by atoms with Gasteiger partial charge in [0.25, 0.3) is 0 Å². The number of likely N-dealkylation sites (N-methyl/N-ethyl adjacent to an activating group) is 1. The van der Waals surface area contributed by atoms with Gasteiger partial charge in [-0.15, -0.1) is 0 Å². The van der Waals surface area contributed by atoms with Crippen molar-refractivity contribution in [2.45, 2.75) is 38.1 Å². The number of nitrogens with two attached hydrogens (primary N) is 1. The van der Waals surface area contributed by atoms with Gasteiger partial charge in [-0.25, -0.2) is 0 Å². The molecule has 2 unspecified atom stereocenters. The second kappa shape index (κ2) is 14.5. The Morgan fingerprint density at radius 1 is 1.14 bits per heavy atom. The van der Waals surface area contributed by atoms with E-state index in [1.165, 1.54) is 7.05 Å². The average Bonchev–Trinajstić information content (AvgIpc) is 2.86. The molecule has 2 aromatic carbocycles. The largest absolute Gasteiger partial charge is 0.457 e. The lowest BCUT2D eigenvalue weighted by Gasteiger charge is -2.28. The number of hydrogen-bond donors (Lipinski definition) is 2. The molecule has 1 heterocycles. The fourth-order valence-corrected chi connectivity index (χ4v) is 4.22. The van der Waals surface area contributed by atoms with Crippen molar-refractivity contribution in [3.63, 3.8) is 0 Å². The summed E-state index contributed by atoms with van der Waals surface area (Å²) in [5.74, 6) is 1.60. The lowest BCUT2D eigenvalue weighted by atomic mass is 9.91. The fraction of sp³-hybridized carbons (Fsp3) is 0.357. The predicted molar refractivity (Wildman–Crippen MR) is 143 cm³/mol. The molecule has 0 aliphatic carbocycles. The number of aldehydes is 2. The Morgan fingerprint density at radius 3 is 2.51 bits per heavy atom. The van der Waals surface area contributed by atoms with E-state index in [-0.39, 0.29) is 12.0 Å². The highest BCUT2D eigenvalue weighted by Crippen LogP contribution is 2.33. The Kier molecular flexibility index (Phi) is 11.7. The van der Waals surface area contributed by atoms with Crippen molar-refractivity contribution in [3.05, 3.63) is 82.5 Å². The summed E-state index contributed by atoms with van der Waals surface area (Å²) in [5.41, 5.74) is 7.00. The van der Waals surface area contributed by atoms with Gasteiger partial charge in [0.15, 0.2) is 0 Å². The lowest BCUT2D eigenvalue weighted by Crippen LogP contribution is -2.38. The summed E-state index contributed by atoms with van der Waals surface area (Å²) >= 11 is 5.96. The Labute approximate surface area is 213 Å². The van der Waals surface area contributed by atoms with Crippen LogP contribution in [-0.2, 0) is 4.79 Å². The molecule has 7 heteroatoms. The van der Waals surface area contributed by atoms with Gasteiger partial charge in [-0.3, -0.25) is 4.79 Å². The van der Waals surface area contributed by atoms with E-state index in [4.69, 9.17) is 16.3 Å². The zero-order chi connectivity index (χ0) is 25.8. The van der Waals surface area contributed by atoms with E-state index >= 15 is 0 Å². The minimum Gasteiger partial charge on any atom is -0.457 e. The summed E-state index contributed by atoms with van der Waals surface area (Å²) in [6.45, 7) is 5.62. The van der Waals surface area contributed by atoms with Crippen LogP contribution in [0.25, 0.3) is 0 Å². The highest BCUT2D eigenvalue weighted by atomic mass is 35.5. The van der Waals surface area contributed by atoms with Crippen LogP contribution in [0.2, 0.25) is 0 Å². The Bertz CT molecular complexity index is 1040. The Hall–Kier alpha value is -2.93. The van der Waals surface area contributed by atoms with E-state index in [1.807, 2.05) is 55.6 Å². The van der Waals surface area contributed by atoms with E-state index < -0.39 is 0 Å². The molecule has 0 aromatic heterocycles. The SMILES string of the molecule is CC(C)c1ccccc1Oc1ccc(C(CC=O)CN(C)CC2C=CC(Cl)=CN2)c(C=O)c1.CN. The van der Waals surface area contributed by atoms with Gasteiger partial charge in [0.05, 0.1) is 11.1 Å². The molecular weight excluding hydrogens is 462 g/mol. The number of hydrogen-bond acceptors (Lipinski definition) is 6. The molecule has 0 radical (unpaired) electrons. The maximum atomic E-state index is 12.0. The Balaban J connectivity index is 0.00000210. The topological polar surface area (TPSA) is 84.7 Å². The van der Waals surface area contributed by atoms with E-state index in [9.17, 15) is 9.59 Å². The number of para-hydroxylation sites is 1. The number of nitrogens with one attached hydrogen (secondary N) is 1. The smallest absolute Gasteiger partial charge is 0.150 e. The number of ether oxygens (including phenoxy) is 1. The van der Waals surface area contributed by atoms with Crippen molar-refractivity contribution in [2.75, 3.05) is 27.2 Å². The molecule has 35 heavy (non-hydrogen) atoms. The van der Waals surface area contributed by atoms with Gasteiger partial charge in [0.1, 0.15) is 24.1 Å². The van der Waals surface area contributed by atoms with Crippen LogP contribution in [-0.4, -0.2) is 50.7 Å². The highest BCUT2D eigenvalue weighted by molar-refractivity contribution is 6.31. The van der Waals surface area contributed by atoms with Crippen LogP contribution < -0.4 is 15.8 Å². The summed E-state index contributed by atoms with van der Waals surface area (Å²) in [6, 6.07) is 13.6. The predicted octanol–water partition coefficient (Wildman–Crippen LogP) is 5.20. The van der Waals surface area contributed by atoms with E-state index in [1.54, 1.807) is 12.3 Å². The average molecular weight is 498 g/mol. The quantitative estimate of drug-likeness (QED) is 0.415. The number of rotatable bonds is 11. The normalized spacial score (nSPS) is 15.5. The molecule has 3 N–H and O–H groups in total. The van der Waals surface area contributed by atoms with Crippen molar-refractivity contribution in [1.29, 1.82) is 0 Å². The maximum absolute atomic E-state index is 12.0. The van der Waals surface area contributed by atoms with Gasteiger partial charge in [0, 0.05) is 37.2 Å². The molecule has 188 valence electrons. The van der Waals surface area contributed by atoms with E-state index in [0.717, 1.165) is 36.0 Å². The third-order valence-corrected chi connectivity index (χ3v) is 5.97. The van der Waals surface area contributed by atoms with Crippen LogP contribution in [0, 0.1) is 0 Å². The van der Waals surface area contributed by atoms with Gasteiger partial charge in [0.2, 0.25) is 0 Å². The van der Waals surface area contributed by atoms with Crippen molar-refractivity contribution in [1.82, 2.24) is 10.2 Å². The van der Waals surface area contributed by atoms with Crippen molar-refractivity contribution in [2.24, 2.45) is 5.73 Å². The molecule has 2 aromatic rings. The standard InChI is InChI=1S/C27H31ClN2O3.CH5N/c1-19(2)25-6-4-5-7-27(25)33-24-10-11-26(21(14-24)18-32)20(12-13-31)16-30(3)17-23-9-8-22(28)15-29-23;1-2/h4-11,13-15,18-20,23,29H,12,16-17H2,1-3H3;2H2,1H3. The summed E-state index contributed by atoms with van der Waals surface area (Å²) in [6.07, 6.45) is 7.76. The second-order valence-electron chi connectivity index (χ2n) is 8.69. The number of carbonyl (C=O) groups is 2. The van der Waals surface area contributed by atoms with Gasteiger partial charge in [-0.1, -0.05) is 55.8 Å². The minimum absolute atomic E-state index is 0.101. The van der Waals surface area contributed by atoms with E-state index in [2.05, 4.69) is 29.8 Å². The highest BCUT2D eigenvalue weighted by Gasteiger charge is 2.20. The van der Waals surface area contributed by atoms with Gasteiger partial charge >= 0.3 is 0 Å². The van der Waals surface area contributed by atoms with Crippen molar-refractivity contribution >= 4 is 24.2 Å². The number of carbonyl (C=O) groups excluding carboxylic acids is 2. The first-order valence-corrected chi connectivity index (χ1v) is 12.1. The summed E-state index contributed by atoms with van der Waals surface area (Å²) in [4.78, 5) is 25.5. The summed E-state index contributed by atoms with van der Waals surface area (Å²) in [5, 5.41) is 3.91. The molecule has 0 amide bonds. The molecular formula is C28H36ClN3O3. The summed E-state index contributed by atoms with van der Waals surface area (Å²) in [7, 11) is 3.51. The first-order chi connectivity index (χ1) is 16.9. The third-order valence-electron chi connectivity index (χ3n) is 5.74. The second-order valence-corrected chi connectivity index (χ2v) is 9.12. The monoisotopic (exact) mass is 497 g/mol. The lowest BCUT2D eigenvalue weighted by molar-refractivity contribution is -0.108. The van der Waals surface area contributed by atoms with Crippen LogP contribution >= 0.6 is 11.6 Å². The number of nitrogens with zero attached hydrogens (tertiary/aromatic N) is 1. The molecule has 1 aliphatic heterocycles. The zero-order valence-corrected chi connectivity index (χ0v) is 21.7. The maximum Gasteiger partial charge on any atom is 0.150 e. The van der Waals surface area contributed by atoms with Gasteiger partial charge < -0.3 is 25.5 Å².